The van der Waals surface area contributed by atoms with E-state index in [2.05, 4.69) is 26.4 Å². The maximum absolute atomic E-state index is 4.97. The topological polar surface area (TPSA) is 70.0 Å². The third-order valence-corrected chi connectivity index (χ3v) is 1.75. The molecule has 0 aliphatic heterocycles. The van der Waals surface area contributed by atoms with Crippen molar-refractivity contribution in [2.75, 3.05) is 13.7 Å². The fraction of sp³-hybridized carbons (Fsp3) is 0.500. The lowest BCUT2D eigenvalue weighted by molar-refractivity contribution is 0.321. The zero-order valence-electron chi connectivity index (χ0n) is 9.40. The first kappa shape index (κ1) is 14.7. The van der Waals surface area contributed by atoms with E-state index in [9.17, 15) is 0 Å². The van der Waals surface area contributed by atoms with Gasteiger partial charge in [-0.2, -0.15) is 10.2 Å². The molecule has 0 heterocycles. The largest absolute Gasteiger partial charge is 0.470 e. The fourth-order valence-corrected chi connectivity index (χ4v) is 0.782. The van der Waals surface area contributed by atoms with Crippen LogP contribution in [-0.4, -0.2) is 35.9 Å². The number of hydrazone groups is 2. The van der Waals surface area contributed by atoms with Crippen LogP contribution >= 0.6 is 24.4 Å². The molecular formula is C8H15N5OS2. The maximum Gasteiger partial charge on any atom is 0.277 e. The smallest absolute Gasteiger partial charge is 0.277 e. The number of hydrogen-bond donors (Lipinski definition) is 3. The molecule has 0 bridgehead atoms. The van der Waals surface area contributed by atoms with Gasteiger partial charge in [0.1, 0.15) is 0 Å². The van der Waals surface area contributed by atoms with E-state index in [0.717, 1.165) is 0 Å². The van der Waals surface area contributed by atoms with Gasteiger partial charge in [0.15, 0.2) is 5.11 Å². The molecule has 0 fully saturated rings. The zero-order chi connectivity index (χ0) is 12.4. The van der Waals surface area contributed by atoms with Gasteiger partial charge in [-0.3, -0.25) is 5.43 Å². The normalized spacial score (nSPS) is 11.1. The molecule has 0 spiro atoms. The summed E-state index contributed by atoms with van der Waals surface area (Å²) >= 11 is 9.63. The van der Waals surface area contributed by atoms with Crippen molar-refractivity contribution in [1.82, 2.24) is 16.2 Å². The number of hydrogen-bond acceptors (Lipinski definition) is 5. The quantitative estimate of drug-likeness (QED) is 0.385. The third kappa shape index (κ3) is 8.06. The van der Waals surface area contributed by atoms with E-state index >= 15 is 0 Å². The second kappa shape index (κ2) is 8.98. The average Bonchev–Trinajstić information content (AvgIpc) is 2.26. The van der Waals surface area contributed by atoms with Crippen molar-refractivity contribution in [3.8, 4) is 0 Å². The van der Waals surface area contributed by atoms with Crippen LogP contribution in [0, 0.1) is 0 Å². The van der Waals surface area contributed by atoms with Gasteiger partial charge in [-0.25, -0.2) is 5.43 Å². The fourth-order valence-electron chi connectivity index (χ4n) is 0.566. The van der Waals surface area contributed by atoms with Crippen LogP contribution in [0.1, 0.15) is 13.8 Å². The average molecular weight is 261 g/mol. The Morgan fingerprint density at radius 1 is 1.38 bits per heavy atom. The minimum atomic E-state index is 0.231. The molecule has 0 aromatic heterocycles. The van der Waals surface area contributed by atoms with Crippen molar-refractivity contribution < 1.29 is 4.74 Å². The van der Waals surface area contributed by atoms with Crippen molar-refractivity contribution in [1.29, 1.82) is 0 Å². The first-order chi connectivity index (χ1) is 7.60. The Bertz CT molecular complexity index is 303. The van der Waals surface area contributed by atoms with Crippen LogP contribution in [-0.2, 0) is 4.74 Å². The van der Waals surface area contributed by atoms with E-state index in [0.29, 0.717) is 17.4 Å². The second-order valence-electron chi connectivity index (χ2n) is 2.53. The summed E-state index contributed by atoms with van der Waals surface area (Å²) < 4.78 is 4.97. The SMILES string of the molecule is CCOC(=S)N/N=C(C)/C=N/NC(=S)NC. The lowest BCUT2D eigenvalue weighted by atomic mass is 10.5. The molecule has 0 aliphatic rings. The lowest BCUT2D eigenvalue weighted by Crippen LogP contribution is -2.28. The molecule has 0 saturated heterocycles. The third-order valence-electron chi connectivity index (χ3n) is 1.24. The molecule has 0 aliphatic carbocycles. The molecule has 0 saturated carbocycles. The molecule has 6 nitrogen and oxygen atoms in total. The molecule has 0 atom stereocenters. The van der Waals surface area contributed by atoms with E-state index in [-0.39, 0.29) is 5.17 Å². The Morgan fingerprint density at radius 2 is 2.06 bits per heavy atom. The molecule has 3 N–H and O–H groups in total. The summed E-state index contributed by atoms with van der Waals surface area (Å²) in [5.41, 5.74) is 5.79. The predicted molar refractivity (Wildman–Crippen MR) is 73.8 cm³/mol. The molecule has 16 heavy (non-hydrogen) atoms. The highest BCUT2D eigenvalue weighted by Gasteiger charge is 1.92. The predicted octanol–water partition coefficient (Wildman–Crippen LogP) is 0.353. The van der Waals surface area contributed by atoms with Crippen molar-refractivity contribution >= 4 is 46.6 Å². The summed E-state index contributed by atoms with van der Waals surface area (Å²) in [6.45, 7) is 4.11. The molecule has 0 amide bonds. The Hall–Kier alpha value is -1.28. The summed E-state index contributed by atoms with van der Waals surface area (Å²) in [5.74, 6) is 0. The van der Waals surface area contributed by atoms with Crippen LogP contribution in [0.2, 0.25) is 0 Å². The monoisotopic (exact) mass is 261 g/mol. The van der Waals surface area contributed by atoms with Crippen LogP contribution in [0.15, 0.2) is 10.2 Å². The highest BCUT2D eigenvalue weighted by Crippen LogP contribution is 1.78. The highest BCUT2D eigenvalue weighted by molar-refractivity contribution is 7.80. The Morgan fingerprint density at radius 3 is 2.62 bits per heavy atom. The Labute approximate surface area is 106 Å². The number of thiocarbonyl (C=S) groups is 2. The van der Waals surface area contributed by atoms with Gasteiger partial charge < -0.3 is 10.1 Å². The molecule has 0 radical (unpaired) electrons. The number of nitrogens with one attached hydrogen (secondary N) is 3. The van der Waals surface area contributed by atoms with Gasteiger partial charge >= 0.3 is 0 Å². The van der Waals surface area contributed by atoms with Gasteiger partial charge in [0.05, 0.1) is 18.5 Å². The summed E-state index contributed by atoms with van der Waals surface area (Å²) in [4.78, 5) is 0. The van der Waals surface area contributed by atoms with Gasteiger partial charge in [0.2, 0.25) is 0 Å². The first-order valence-electron chi connectivity index (χ1n) is 4.58. The van der Waals surface area contributed by atoms with E-state index < -0.39 is 0 Å². The molecular weight excluding hydrogens is 246 g/mol. The van der Waals surface area contributed by atoms with Crippen LogP contribution in [0.5, 0.6) is 0 Å². The second-order valence-corrected chi connectivity index (χ2v) is 3.31. The van der Waals surface area contributed by atoms with E-state index in [1.54, 1.807) is 14.0 Å². The lowest BCUT2D eigenvalue weighted by Gasteiger charge is -2.03. The molecule has 0 rings (SSSR count). The molecule has 0 aromatic carbocycles. The number of nitrogens with zero attached hydrogens (tertiary/aromatic N) is 2. The van der Waals surface area contributed by atoms with Crippen molar-refractivity contribution in [2.45, 2.75) is 13.8 Å². The van der Waals surface area contributed by atoms with E-state index in [1.807, 2.05) is 6.92 Å². The molecule has 0 aromatic rings. The summed E-state index contributed by atoms with van der Waals surface area (Å²) in [7, 11) is 1.70. The van der Waals surface area contributed by atoms with Gasteiger partial charge in [-0.1, -0.05) is 0 Å². The van der Waals surface area contributed by atoms with Gasteiger partial charge in [-0.15, -0.1) is 0 Å². The Balaban J connectivity index is 3.95. The van der Waals surface area contributed by atoms with Crippen LogP contribution in [0.25, 0.3) is 0 Å². The number of rotatable bonds is 4. The van der Waals surface area contributed by atoms with Gasteiger partial charge in [0.25, 0.3) is 5.17 Å². The van der Waals surface area contributed by atoms with E-state index in [1.165, 1.54) is 6.21 Å². The molecule has 90 valence electrons. The van der Waals surface area contributed by atoms with Crippen LogP contribution in [0.4, 0.5) is 0 Å². The maximum atomic E-state index is 4.97. The van der Waals surface area contributed by atoms with Gasteiger partial charge in [-0.05, 0) is 38.3 Å². The molecule has 8 heteroatoms. The number of ether oxygens (including phenoxy) is 1. The standard InChI is InChI=1S/C8H15N5OS2/c1-4-14-8(16)13-11-6(2)5-10-12-7(15)9-3/h5H,4H2,1-3H3,(H,13,16)(H2,9,12,15)/b10-5+,11-6+. The molecule has 0 unspecified atom stereocenters. The van der Waals surface area contributed by atoms with Crippen molar-refractivity contribution in [3.05, 3.63) is 0 Å². The van der Waals surface area contributed by atoms with Gasteiger partial charge in [0, 0.05) is 7.05 Å². The van der Waals surface area contributed by atoms with Crippen molar-refractivity contribution in [3.63, 3.8) is 0 Å². The zero-order valence-corrected chi connectivity index (χ0v) is 11.0. The van der Waals surface area contributed by atoms with E-state index in [4.69, 9.17) is 29.2 Å². The minimum Gasteiger partial charge on any atom is -0.470 e. The minimum absolute atomic E-state index is 0.231. The summed E-state index contributed by atoms with van der Waals surface area (Å²) in [6, 6.07) is 0. The summed E-state index contributed by atoms with van der Waals surface area (Å²) in [5, 5.41) is 11.1. The highest BCUT2D eigenvalue weighted by atomic mass is 32.1. The van der Waals surface area contributed by atoms with Crippen LogP contribution < -0.4 is 16.2 Å². The van der Waals surface area contributed by atoms with Crippen LogP contribution in [0.3, 0.4) is 0 Å². The Kier molecular flexibility index (Phi) is 8.26. The first-order valence-corrected chi connectivity index (χ1v) is 5.39. The van der Waals surface area contributed by atoms with Crippen molar-refractivity contribution in [2.24, 2.45) is 10.2 Å². The summed E-state index contributed by atoms with van der Waals surface area (Å²) in [6.07, 6.45) is 1.51.